The summed E-state index contributed by atoms with van der Waals surface area (Å²) in [6.45, 7) is 1.61. The summed E-state index contributed by atoms with van der Waals surface area (Å²) >= 11 is 0. The van der Waals surface area contributed by atoms with E-state index in [4.69, 9.17) is 23.8 Å². The van der Waals surface area contributed by atoms with Gasteiger partial charge >= 0.3 is 27.6 Å². The average molecular weight is 877 g/mol. The summed E-state index contributed by atoms with van der Waals surface area (Å²) in [5.41, 5.74) is 0. The summed E-state index contributed by atoms with van der Waals surface area (Å²) in [4.78, 5) is 52.7. The zero-order chi connectivity index (χ0) is 43.7. The van der Waals surface area contributed by atoms with Gasteiger partial charge in [-0.3, -0.25) is 23.2 Å². The maximum atomic E-state index is 12.7. The van der Waals surface area contributed by atoms with Crippen LogP contribution in [0.4, 0.5) is 0 Å². The van der Waals surface area contributed by atoms with Gasteiger partial charge in [-0.15, -0.1) is 0 Å². The number of hydrogen-bond acceptors (Lipinski definition) is 10. The van der Waals surface area contributed by atoms with Crippen molar-refractivity contribution in [1.82, 2.24) is 0 Å². The van der Waals surface area contributed by atoms with Gasteiger partial charge in [-0.2, -0.15) is 0 Å². The number of carbonyl (C=O) groups excluding carboxylic acids is 2. The Balaban J connectivity index is 4.58. The highest BCUT2D eigenvalue weighted by atomic mass is 31.2. The minimum Gasteiger partial charge on any atom is -0.462 e. The smallest absolute Gasteiger partial charge is 0.462 e. The van der Waals surface area contributed by atoms with Crippen LogP contribution in [0.1, 0.15) is 168 Å². The van der Waals surface area contributed by atoms with E-state index < -0.39 is 66.2 Å². The van der Waals surface area contributed by atoms with E-state index >= 15 is 0 Å². The van der Waals surface area contributed by atoms with Crippen LogP contribution in [0, 0.1) is 0 Å². The molecule has 0 bridgehead atoms. The highest BCUT2D eigenvalue weighted by Crippen LogP contribution is 2.43. The Kier molecular flexibility index (Phi) is 38.5. The predicted octanol–water partition coefficient (Wildman–Crippen LogP) is 11.2. The maximum Gasteiger partial charge on any atom is 0.472 e. The quantitative estimate of drug-likeness (QED) is 0.0196. The second kappa shape index (κ2) is 39.9. The van der Waals surface area contributed by atoms with Crippen LogP contribution < -0.4 is 0 Å². The molecular formula is C44H78O13P2. The van der Waals surface area contributed by atoms with Crippen molar-refractivity contribution >= 4 is 27.6 Å². The van der Waals surface area contributed by atoms with Crippen LogP contribution in [0.25, 0.3) is 0 Å². The summed E-state index contributed by atoms with van der Waals surface area (Å²) in [7, 11) is -9.68. The minimum absolute atomic E-state index is 0.0914. The number of carbonyl (C=O) groups is 2. The lowest BCUT2D eigenvalue weighted by molar-refractivity contribution is -0.161. The Morgan fingerprint density at radius 2 is 0.932 bits per heavy atom. The Morgan fingerprint density at radius 1 is 0.508 bits per heavy atom. The number of esters is 2. The molecule has 3 atom stereocenters. The normalized spacial score (nSPS) is 14.6. The molecule has 0 radical (unpaired) electrons. The van der Waals surface area contributed by atoms with Crippen molar-refractivity contribution in [2.24, 2.45) is 0 Å². The van der Waals surface area contributed by atoms with Crippen LogP contribution in [0.2, 0.25) is 0 Å². The number of phosphoric acid groups is 2. The predicted molar refractivity (Wildman–Crippen MR) is 234 cm³/mol. The summed E-state index contributed by atoms with van der Waals surface area (Å²) < 4.78 is 47.7. The van der Waals surface area contributed by atoms with E-state index in [1.807, 2.05) is 0 Å². The van der Waals surface area contributed by atoms with Gasteiger partial charge in [0.2, 0.25) is 0 Å². The number of phosphoric ester groups is 2. The van der Waals surface area contributed by atoms with E-state index in [1.54, 1.807) is 0 Å². The monoisotopic (exact) mass is 876 g/mol. The maximum absolute atomic E-state index is 12.7. The molecule has 0 amide bonds. The van der Waals surface area contributed by atoms with E-state index in [0.29, 0.717) is 12.8 Å². The van der Waals surface area contributed by atoms with Gasteiger partial charge in [0.05, 0.1) is 19.8 Å². The number of rotatable bonds is 41. The van der Waals surface area contributed by atoms with E-state index in [9.17, 15) is 28.7 Å². The molecule has 0 aliphatic carbocycles. The first-order valence-corrected chi connectivity index (χ1v) is 25.0. The van der Waals surface area contributed by atoms with Gasteiger partial charge in [-0.1, -0.05) is 158 Å². The lowest BCUT2D eigenvalue weighted by Crippen LogP contribution is -2.30. The Labute approximate surface area is 355 Å². The second-order valence-electron chi connectivity index (χ2n) is 14.6. The average Bonchev–Trinajstić information content (AvgIpc) is 3.19. The largest absolute Gasteiger partial charge is 0.472 e. The van der Waals surface area contributed by atoms with Crippen LogP contribution in [0.15, 0.2) is 60.8 Å². The van der Waals surface area contributed by atoms with Crippen molar-refractivity contribution in [2.75, 3.05) is 26.4 Å². The third-order valence-corrected chi connectivity index (χ3v) is 10.3. The molecule has 13 nitrogen and oxygen atoms in total. The summed E-state index contributed by atoms with van der Waals surface area (Å²) in [6, 6.07) is 0. The molecule has 0 aromatic heterocycles. The van der Waals surface area contributed by atoms with Gasteiger partial charge in [0, 0.05) is 12.8 Å². The van der Waals surface area contributed by atoms with Gasteiger partial charge in [-0.05, 0) is 57.8 Å². The topological polar surface area (TPSA) is 195 Å². The first-order chi connectivity index (χ1) is 28.4. The van der Waals surface area contributed by atoms with Gasteiger partial charge in [0.25, 0.3) is 0 Å². The van der Waals surface area contributed by atoms with E-state index in [1.165, 1.54) is 57.8 Å². The number of allylic oxidation sites excluding steroid dienone is 10. The summed E-state index contributed by atoms with van der Waals surface area (Å²) in [5.74, 6) is -1.07. The molecule has 59 heavy (non-hydrogen) atoms. The fourth-order valence-electron chi connectivity index (χ4n) is 5.61. The van der Waals surface area contributed by atoms with Crippen molar-refractivity contribution in [1.29, 1.82) is 0 Å². The molecular weight excluding hydrogens is 798 g/mol. The summed E-state index contributed by atoms with van der Waals surface area (Å²) in [5, 5.41) is 9.74. The van der Waals surface area contributed by atoms with Gasteiger partial charge < -0.3 is 29.3 Å². The first kappa shape index (κ1) is 56.8. The van der Waals surface area contributed by atoms with Crippen LogP contribution in [-0.4, -0.2) is 70.4 Å². The lowest BCUT2D eigenvalue weighted by atomic mass is 10.0. The first-order valence-electron chi connectivity index (χ1n) is 22.0. The molecule has 4 N–H and O–H groups in total. The van der Waals surface area contributed by atoms with E-state index in [2.05, 4.69) is 83.7 Å². The number of unbranched alkanes of at least 4 members (excludes halogenated alkanes) is 15. The SMILES string of the molecule is CC/C=C\C/C=C\C/C=C\C/C=C\C/C=C\CCCCCC(=O)O[C@H](COC(=O)CCCCCCCCCCCCCCC)COP(=O)(O)OC[C@@H](O)COP(=O)(O)O. The second-order valence-corrected chi connectivity index (χ2v) is 17.3. The van der Waals surface area contributed by atoms with Crippen molar-refractivity contribution in [3.05, 3.63) is 60.8 Å². The fourth-order valence-corrected chi connectivity index (χ4v) is 6.77. The molecule has 0 aromatic rings. The number of aliphatic hydroxyl groups is 1. The molecule has 0 heterocycles. The summed E-state index contributed by atoms with van der Waals surface area (Å²) in [6.07, 6.45) is 42.1. The van der Waals surface area contributed by atoms with E-state index in [-0.39, 0.29) is 12.8 Å². The number of ether oxygens (including phenoxy) is 2. The molecule has 15 heteroatoms. The third kappa shape index (κ3) is 43.7. The van der Waals surface area contributed by atoms with Crippen LogP contribution in [0.5, 0.6) is 0 Å². The molecule has 342 valence electrons. The highest BCUT2D eigenvalue weighted by molar-refractivity contribution is 7.47. The third-order valence-electron chi connectivity index (χ3n) is 8.91. The minimum atomic E-state index is -4.87. The zero-order valence-electron chi connectivity index (χ0n) is 36.1. The van der Waals surface area contributed by atoms with E-state index in [0.717, 1.165) is 70.6 Å². The van der Waals surface area contributed by atoms with Gasteiger partial charge in [-0.25, -0.2) is 9.13 Å². The molecule has 0 saturated carbocycles. The Hall–Kier alpha value is -2.18. The molecule has 0 aliphatic rings. The van der Waals surface area contributed by atoms with Crippen molar-refractivity contribution < 1.29 is 61.6 Å². The molecule has 0 spiro atoms. The fraction of sp³-hybridized carbons (Fsp3) is 0.727. The van der Waals surface area contributed by atoms with Gasteiger partial charge in [0.1, 0.15) is 12.7 Å². The molecule has 0 fully saturated rings. The van der Waals surface area contributed by atoms with Crippen molar-refractivity contribution in [3.8, 4) is 0 Å². The molecule has 0 aromatic carbocycles. The Bertz CT molecular complexity index is 1280. The van der Waals surface area contributed by atoms with Crippen molar-refractivity contribution in [2.45, 2.75) is 180 Å². The van der Waals surface area contributed by atoms with Crippen LogP contribution in [0.3, 0.4) is 0 Å². The van der Waals surface area contributed by atoms with Crippen LogP contribution >= 0.6 is 15.6 Å². The molecule has 0 aliphatic heterocycles. The lowest BCUT2D eigenvalue weighted by Gasteiger charge is -2.20. The highest BCUT2D eigenvalue weighted by Gasteiger charge is 2.28. The number of aliphatic hydroxyl groups excluding tert-OH is 1. The molecule has 1 unspecified atom stereocenters. The molecule has 0 saturated heterocycles. The zero-order valence-corrected chi connectivity index (χ0v) is 37.9. The van der Waals surface area contributed by atoms with Crippen molar-refractivity contribution in [3.63, 3.8) is 0 Å². The van der Waals surface area contributed by atoms with Gasteiger partial charge in [0.15, 0.2) is 6.10 Å². The molecule has 0 rings (SSSR count). The van der Waals surface area contributed by atoms with Crippen LogP contribution in [-0.2, 0) is 41.8 Å². The standard InChI is InChI=1S/C44H78O13P2/c1-3-5-7-9-11-13-15-17-18-19-20-21-22-24-26-28-30-32-34-36-44(47)57-42(40-56-59(51,52)55-38-41(45)37-54-58(48,49)50)39-53-43(46)35-33-31-29-27-25-23-16-14-12-10-8-6-4-2/h5,7,11,13,17-18,20-21,24,26,41-42,45H,3-4,6,8-10,12,14-16,19,22-23,25,27-40H2,1-2H3,(H,51,52)(H2,48,49,50)/b7-5-,13-11-,18-17-,21-20-,26-24-/t41-,42+/m0/s1. The Morgan fingerprint density at radius 3 is 1.44 bits per heavy atom. The number of hydrogen-bond donors (Lipinski definition) is 4.